The first-order valence-corrected chi connectivity index (χ1v) is 6.83. The van der Waals surface area contributed by atoms with Gasteiger partial charge in [0.2, 0.25) is 0 Å². The highest BCUT2D eigenvalue weighted by Gasteiger charge is 2.08. The Morgan fingerprint density at radius 2 is 2.05 bits per heavy atom. The second-order valence-electron chi connectivity index (χ2n) is 3.97. The van der Waals surface area contributed by atoms with Gasteiger partial charge in [-0.15, -0.1) is 0 Å². The maximum absolute atomic E-state index is 13.6. The van der Waals surface area contributed by atoms with Crippen molar-refractivity contribution in [3.63, 3.8) is 0 Å². The Hall–Kier alpha value is -1.10. The molecule has 2 rings (SSSR count). The van der Waals surface area contributed by atoms with E-state index in [0.29, 0.717) is 6.54 Å². The van der Waals surface area contributed by atoms with E-state index in [1.807, 2.05) is 18.2 Å². The fourth-order valence-electron chi connectivity index (χ4n) is 1.59. The fraction of sp³-hybridized carbons (Fsp3) is 0.143. The third kappa shape index (κ3) is 3.47. The standard InChI is InChI=1S/C14H12BrClFNO/c15-11-6-9(7-18)4-5-10(11)8-19-13-3-1-2-12(16)14(13)17/h1-6H,7-8,18H2. The van der Waals surface area contributed by atoms with Crippen LogP contribution in [0.4, 0.5) is 4.39 Å². The molecule has 0 spiro atoms. The largest absolute Gasteiger partial charge is 0.486 e. The van der Waals surface area contributed by atoms with Gasteiger partial charge >= 0.3 is 0 Å². The van der Waals surface area contributed by atoms with E-state index in [4.69, 9.17) is 22.1 Å². The monoisotopic (exact) mass is 343 g/mol. The molecule has 0 aliphatic heterocycles. The van der Waals surface area contributed by atoms with Crippen LogP contribution in [0.25, 0.3) is 0 Å². The van der Waals surface area contributed by atoms with Crippen LogP contribution in [0.1, 0.15) is 11.1 Å². The van der Waals surface area contributed by atoms with Crippen molar-refractivity contribution in [2.45, 2.75) is 13.2 Å². The van der Waals surface area contributed by atoms with Crippen molar-refractivity contribution < 1.29 is 9.13 Å². The highest BCUT2D eigenvalue weighted by Crippen LogP contribution is 2.26. The average Bonchev–Trinajstić information content (AvgIpc) is 2.41. The van der Waals surface area contributed by atoms with E-state index in [9.17, 15) is 4.39 Å². The third-order valence-electron chi connectivity index (χ3n) is 2.65. The van der Waals surface area contributed by atoms with Crippen LogP contribution in [0.5, 0.6) is 5.75 Å². The number of halogens is 3. The second kappa shape index (κ2) is 6.37. The molecule has 0 saturated carbocycles. The Morgan fingerprint density at radius 1 is 1.26 bits per heavy atom. The summed E-state index contributed by atoms with van der Waals surface area (Å²) in [6.45, 7) is 0.728. The predicted octanol–water partition coefficient (Wildman–Crippen LogP) is 4.28. The van der Waals surface area contributed by atoms with Crippen LogP contribution in [0.3, 0.4) is 0 Å². The molecule has 0 fully saturated rings. The number of hydrogen-bond donors (Lipinski definition) is 1. The van der Waals surface area contributed by atoms with E-state index in [2.05, 4.69) is 15.9 Å². The highest BCUT2D eigenvalue weighted by molar-refractivity contribution is 9.10. The molecule has 0 heterocycles. The van der Waals surface area contributed by atoms with Crippen molar-refractivity contribution in [3.05, 3.63) is 62.8 Å². The lowest BCUT2D eigenvalue weighted by Crippen LogP contribution is -2.01. The van der Waals surface area contributed by atoms with Crippen LogP contribution >= 0.6 is 27.5 Å². The topological polar surface area (TPSA) is 35.2 Å². The number of rotatable bonds is 4. The minimum absolute atomic E-state index is 0.0510. The van der Waals surface area contributed by atoms with Crippen LogP contribution in [0.15, 0.2) is 40.9 Å². The van der Waals surface area contributed by atoms with E-state index in [0.717, 1.165) is 15.6 Å². The molecule has 0 saturated heterocycles. The molecule has 2 aromatic rings. The van der Waals surface area contributed by atoms with Gasteiger partial charge in [-0.2, -0.15) is 0 Å². The minimum Gasteiger partial charge on any atom is -0.486 e. The predicted molar refractivity (Wildman–Crippen MR) is 77.8 cm³/mol. The SMILES string of the molecule is NCc1ccc(COc2cccc(Cl)c2F)c(Br)c1. The van der Waals surface area contributed by atoms with Gasteiger partial charge in [0, 0.05) is 16.6 Å². The van der Waals surface area contributed by atoms with Gasteiger partial charge in [-0.3, -0.25) is 0 Å². The lowest BCUT2D eigenvalue weighted by Gasteiger charge is -2.10. The molecule has 0 aliphatic rings. The third-order valence-corrected chi connectivity index (χ3v) is 3.68. The summed E-state index contributed by atoms with van der Waals surface area (Å²) in [5.74, 6) is -0.402. The van der Waals surface area contributed by atoms with Gasteiger partial charge < -0.3 is 10.5 Å². The zero-order chi connectivity index (χ0) is 13.8. The summed E-state index contributed by atoms with van der Waals surface area (Å²) in [5.41, 5.74) is 7.49. The van der Waals surface area contributed by atoms with Gasteiger partial charge in [0.15, 0.2) is 11.6 Å². The molecule has 2 nitrogen and oxygen atoms in total. The molecule has 0 amide bonds. The maximum Gasteiger partial charge on any atom is 0.183 e. The summed E-state index contributed by atoms with van der Waals surface area (Å²) in [7, 11) is 0. The minimum atomic E-state index is -0.543. The zero-order valence-electron chi connectivity index (χ0n) is 10.00. The van der Waals surface area contributed by atoms with Crippen molar-refractivity contribution in [1.82, 2.24) is 0 Å². The van der Waals surface area contributed by atoms with Crippen LogP contribution in [-0.2, 0) is 13.2 Å². The Kier molecular flexibility index (Phi) is 4.80. The van der Waals surface area contributed by atoms with Crippen LogP contribution in [0.2, 0.25) is 5.02 Å². The van der Waals surface area contributed by atoms with E-state index in [-0.39, 0.29) is 17.4 Å². The van der Waals surface area contributed by atoms with Gasteiger partial charge in [0.1, 0.15) is 6.61 Å². The van der Waals surface area contributed by atoms with Gasteiger partial charge in [0.05, 0.1) is 5.02 Å². The van der Waals surface area contributed by atoms with Crippen molar-refractivity contribution >= 4 is 27.5 Å². The molecular weight excluding hydrogens is 333 g/mol. The maximum atomic E-state index is 13.6. The number of nitrogens with two attached hydrogens (primary N) is 1. The van der Waals surface area contributed by atoms with E-state index in [1.165, 1.54) is 6.07 Å². The van der Waals surface area contributed by atoms with Crippen molar-refractivity contribution in [2.75, 3.05) is 0 Å². The number of hydrogen-bond acceptors (Lipinski definition) is 2. The summed E-state index contributed by atoms with van der Waals surface area (Å²) in [5, 5.41) is 0.0510. The van der Waals surface area contributed by atoms with Gasteiger partial charge in [0.25, 0.3) is 0 Å². The van der Waals surface area contributed by atoms with Crippen molar-refractivity contribution in [2.24, 2.45) is 5.73 Å². The molecule has 0 atom stereocenters. The molecule has 5 heteroatoms. The Bertz CT molecular complexity index is 592. The Labute approximate surface area is 124 Å². The fourth-order valence-corrected chi connectivity index (χ4v) is 2.29. The molecule has 100 valence electrons. The van der Waals surface area contributed by atoms with Gasteiger partial charge in [-0.05, 0) is 23.8 Å². The van der Waals surface area contributed by atoms with E-state index < -0.39 is 5.82 Å². The van der Waals surface area contributed by atoms with Crippen LogP contribution < -0.4 is 10.5 Å². The zero-order valence-corrected chi connectivity index (χ0v) is 12.3. The normalized spacial score (nSPS) is 10.5. The molecule has 0 aromatic heterocycles. The van der Waals surface area contributed by atoms with Crippen molar-refractivity contribution in [1.29, 1.82) is 0 Å². The average molecular weight is 345 g/mol. The lowest BCUT2D eigenvalue weighted by atomic mass is 10.1. The summed E-state index contributed by atoms with van der Waals surface area (Å²) in [4.78, 5) is 0. The quantitative estimate of drug-likeness (QED) is 0.898. The molecule has 2 N–H and O–H groups in total. The number of benzene rings is 2. The molecule has 0 bridgehead atoms. The molecule has 2 aromatic carbocycles. The summed E-state index contributed by atoms with van der Waals surface area (Å²) < 4.78 is 20.0. The second-order valence-corrected chi connectivity index (χ2v) is 5.23. The van der Waals surface area contributed by atoms with Gasteiger partial charge in [-0.25, -0.2) is 4.39 Å². The van der Waals surface area contributed by atoms with E-state index in [1.54, 1.807) is 12.1 Å². The first kappa shape index (κ1) is 14.3. The first-order chi connectivity index (χ1) is 9.11. The van der Waals surface area contributed by atoms with Crippen molar-refractivity contribution in [3.8, 4) is 5.75 Å². The molecule has 0 unspecified atom stereocenters. The smallest absolute Gasteiger partial charge is 0.183 e. The van der Waals surface area contributed by atoms with Crippen LogP contribution in [-0.4, -0.2) is 0 Å². The Balaban J connectivity index is 2.12. The Morgan fingerprint density at radius 3 is 2.74 bits per heavy atom. The molecule has 0 aliphatic carbocycles. The first-order valence-electron chi connectivity index (χ1n) is 5.66. The molecule has 0 radical (unpaired) electrons. The summed E-state index contributed by atoms with van der Waals surface area (Å²) in [6.07, 6.45) is 0. The summed E-state index contributed by atoms with van der Waals surface area (Å²) in [6, 6.07) is 10.4. The van der Waals surface area contributed by atoms with Gasteiger partial charge in [-0.1, -0.05) is 45.7 Å². The molecular formula is C14H12BrClFNO. The van der Waals surface area contributed by atoms with Crippen LogP contribution in [0, 0.1) is 5.82 Å². The summed E-state index contributed by atoms with van der Waals surface area (Å²) >= 11 is 9.13. The number of ether oxygens (including phenoxy) is 1. The molecule has 19 heavy (non-hydrogen) atoms. The van der Waals surface area contributed by atoms with E-state index >= 15 is 0 Å². The highest BCUT2D eigenvalue weighted by atomic mass is 79.9. The lowest BCUT2D eigenvalue weighted by molar-refractivity contribution is 0.289.